The third kappa shape index (κ3) is 5.97. The van der Waals surface area contributed by atoms with E-state index in [1.54, 1.807) is 5.38 Å². The molecule has 1 aromatic carbocycles. The lowest BCUT2D eigenvalue weighted by Crippen LogP contribution is -2.23. The number of rotatable bonds is 8. The van der Waals surface area contributed by atoms with Crippen molar-refractivity contribution >= 4 is 49.5 Å². The smallest absolute Gasteiger partial charge is 0.389 e. The summed E-state index contributed by atoms with van der Waals surface area (Å²) < 4.78 is 60.7. The Morgan fingerprint density at radius 2 is 1.82 bits per heavy atom. The SMILES string of the molecule is CC(=O)NCc1nc(CO)sc1-c1csc(NC(=O)Cc2ccc(S(=O)(=O)C(F)(F)F)cc2)n1. The molecule has 0 aliphatic heterocycles. The summed E-state index contributed by atoms with van der Waals surface area (Å²) in [6.07, 6.45) is -0.218. The highest BCUT2D eigenvalue weighted by Gasteiger charge is 2.46. The van der Waals surface area contributed by atoms with Gasteiger partial charge in [-0.2, -0.15) is 13.2 Å². The predicted molar refractivity (Wildman–Crippen MR) is 119 cm³/mol. The van der Waals surface area contributed by atoms with E-state index in [0.717, 1.165) is 35.6 Å². The van der Waals surface area contributed by atoms with Gasteiger partial charge in [-0.3, -0.25) is 9.59 Å². The van der Waals surface area contributed by atoms with Gasteiger partial charge in [0.2, 0.25) is 11.8 Å². The van der Waals surface area contributed by atoms with E-state index in [-0.39, 0.29) is 30.6 Å². The number of carbonyl (C=O) groups is 2. The average molecular weight is 535 g/mol. The fraction of sp³-hybridized carbons (Fsp3) is 0.263. The predicted octanol–water partition coefficient (Wildman–Crippen LogP) is 2.87. The van der Waals surface area contributed by atoms with E-state index in [2.05, 4.69) is 20.6 Å². The van der Waals surface area contributed by atoms with Gasteiger partial charge >= 0.3 is 5.51 Å². The molecule has 3 N–H and O–H groups in total. The molecule has 0 saturated heterocycles. The second kappa shape index (κ2) is 10.2. The van der Waals surface area contributed by atoms with Crippen LogP contribution in [-0.4, -0.2) is 40.8 Å². The minimum Gasteiger partial charge on any atom is -0.389 e. The van der Waals surface area contributed by atoms with Gasteiger partial charge in [-0.15, -0.1) is 22.7 Å². The van der Waals surface area contributed by atoms with Crippen LogP contribution in [0, 0.1) is 0 Å². The Balaban J connectivity index is 1.69. The van der Waals surface area contributed by atoms with E-state index in [9.17, 15) is 36.3 Å². The number of hydrogen-bond donors (Lipinski definition) is 3. The summed E-state index contributed by atoms with van der Waals surface area (Å²) in [6, 6.07) is 3.86. The van der Waals surface area contributed by atoms with Gasteiger partial charge in [0.1, 0.15) is 5.01 Å². The van der Waals surface area contributed by atoms with Crippen molar-refractivity contribution in [1.82, 2.24) is 15.3 Å². The Morgan fingerprint density at radius 1 is 1.15 bits per heavy atom. The first-order valence-electron chi connectivity index (χ1n) is 9.40. The second-order valence-electron chi connectivity index (χ2n) is 6.81. The van der Waals surface area contributed by atoms with Crippen molar-refractivity contribution in [3.63, 3.8) is 0 Å². The summed E-state index contributed by atoms with van der Waals surface area (Å²) in [4.78, 5) is 31.8. The summed E-state index contributed by atoms with van der Waals surface area (Å²) in [5.74, 6) is -0.758. The van der Waals surface area contributed by atoms with Crippen LogP contribution in [0.2, 0.25) is 0 Å². The van der Waals surface area contributed by atoms with Gasteiger partial charge in [0.15, 0.2) is 5.13 Å². The molecule has 2 aromatic heterocycles. The summed E-state index contributed by atoms with van der Waals surface area (Å²) in [5, 5.41) is 16.9. The minimum absolute atomic E-state index is 0.139. The standard InChI is InChI=1S/C19H17F3N4O5S3/c1-10(28)23-7-13-17(33-16(8-27)24-13)14-9-32-18(25-14)26-15(29)6-11-2-4-12(5-3-11)34(30,31)19(20,21)22/h2-5,9,27H,6-8H2,1H3,(H,23,28)(H,25,26,29). The van der Waals surface area contributed by atoms with E-state index < -0.39 is 26.1 Å². The molecule has 0 fully saturated rings. The van der Waals surface area contributed by atoms with Crippen LogP contribution in [0.1, 0.15) is 23.2 Å². The number of nitrogens with one attached hydrogen (secondary N) is 2. The lowest BCUT2D eigenvalue weighted by atomic mass is 10.1. The third-order valence-electron chi connectivity index (χ3n) is 4.27. The molecule has 34 heavy (non-hydrogen) atoms. The summed E-state index contributed by atoms with van der Waals surface area (Å²) in [5.41, 5.74) is -4.10. The van der Waals surface area contributed by atoms with Crippen molar-refractivity contribution in [3.8, 4) is 10.6 Å². The van der Waals surface area contributed by atoms with Crippen molar-refractivity contribution in [3.05, 3.63) is 45.9 Å². The van der Waals surface area contributed by atoms with Crippen LogP contribution in [0.5, 0.6) is 0 Å². The van der Waals surface area contributed by atoms with E-state index >= 15 is 0 Å². The van der Waals surface area contributed by atoms with Gasteiger partial charge in [-0.05, 0) is 17.7 Å². The number of sulfone groups is 1. The van der Waals surface area contributed by atoms with Crippen LogP contribution in [-0.2, 0) is 39.0 Å². The van der Waals surface area contributed by atoms with Crippen molar-refractivity contribution < 1.29 is 36.3 Å². The van der Waals surface area contributed by atoms with Crippen molar-refractivity contribution in [2.24, 2.45) is 0 Å². The maximum Gasteiger partial charge on any atom is 0.501 e. The summed E-state index contributed by atoms with van der Waals surface area (Å²) in [7, 11) is -5.46. The summed E-state index contributed by atoms with van der Waals surface area (Å²) >= 11 is 2.32. The van der Waals surface area contributed by atoms with Crippen LogP contribution in [0.3, 0.4) is 0 Å². The van der Waals surface area contributed by atoms with Crippen LogP contribution in [0.25, 0.3) is 10.6 Å². The molecular formula is C19H17F3N4O5S3. The monoisotopic (exact) mass is 534 g/mol. The molecule has 0 saturated carbocycles. The molecule has 3 rings (SSSR count). The molecular weight excluding hydrogens is 517 g/mol. The normalized spacial score (nSPS) is 11.9. The first kappa shape index (κ1) is 25.7. The zero-order valence-corrected chi connectivity index (χ0v) is 19.8. The Morgan fingerprint density at radius 3 is 2.41 bits per heavy atom. The lowest BCUT2D eigenvalue weighted by molar-refractivity contribution is -0.119. The highest BCUT2D eigenvalue weighted by atomic mass is 32.2. The molecule has 2 amide bonds. The molecule has 2 heterocycles. The zero-order valence-electron chi connectivity index (χ0n) is 17.3. The highest BCUT2D eigenvalue weighted by Crippen LogP contribution is 2.33. The van der Waals surface area contributed by atoms with Gasteiger partial charge in [0.25, 0.3) is 9.84 Å². The molecule has 0 radical (unpaired) electrons. The zero-order chi connectivity index (χ0) is 25.1. The van der Waals surface area contributed by atoms with Gasteiger partial charge in [0.05, 0.1) is 40.7 Å². The topological polar surface area (TPSA) is 138 Å². The largest absolute Gasteiger partial charge is 0.501 e. The highest BCUT2D eigenvalue weighted by molar-refractivity contribution is 7.92. The van der Waals surface area contributed by atoms with Crippen LogP contribution in [0.4, 0.5) is 18.3 Å². The number of thiazole rings is 2. The quantitative estimate of drug-likeness (QED) is 0.404. The maximum atomic E-state index is 12.6. The molecule has 182 valence electrons. The molecule has 0 bridgehead atoms. The van der Waals surface area contributed by atoms with Gasteiger partial charge in [-0.25, -0.2) is 18.4 Å². The average Bonchev–Trinajstić information content (AvgIpc) is 3.38. The first-order valence-corrected chi connectivity index (χ1v) is 12.6. The van der Waals surface area contributed by atoms with Crippen molar-refractivity contribution in [2.45, 2.75) is 36.9 Å². The van der Waals surface area contributed by atoms with Gasteiger partial charge in [-0.1, -0.05) is 12.1 Å². The summed E-state index contributed by atoms with van der Waals surface area (Å²) in [6.45, 7) is 1.22. The first-order chi connectivity index (χ1) is 15.9. The number of hydrogen-bond acceptors (Lipinski definition) is 9. The van der Waals surface area contributed by atoms with E-state index in [1.165, 1.54) is 18.3 Å². The second-order valence-corrected chi connectivity index (χ2v) is 10.7. The van der Waals surface area contributed by atoms with Crippen LogP contribution in [0.15, 0.2) is 34.5 Å². The number of carbonyl (C=O) groups excluding carboxylic acids is 2. The van der Waals surface area contributed by atoms with E-state index in [1.807, 2.05) is 0 Å². The van der Waals surface area contributed by atoms with Crippen molar-refractivity contribution in [2.75, 3.05) is 5.32 Å². The number of aliphatic hydroxyl groups excluding tert-OH is 1. The Hall–Kier alpha value is -2.88. The van der Waals surface area contributed by atoms with Gasteiger partial charge in [0, 0.05) is 12.3 Å². The third-order valence-corrected chi connectivity index (χ3v) is 7.63. The number of aliphatic hydroxyl groups is 1. The van der Waals surface area contributed by atoms with E-state index in [4.69, 9.17) is 0 Å². The number of amides is 2. The molecule has 0 spiro atoms. The number of anilines is 1. The maximum absolute atomic E-state index is 12.6. The molecule has 0 aliphatic rings. The number of aromatic nitrogens is 2. The molecule has 0 unspecified atom stereocenters. The Kier molecular flexibility index (Phi) is 7.70. The Labute approximate surface area is 199 Å². The number of benzene rings is 1. The molecule has 15 heteroatoms. The number of alkyl halides is 3. The molecule has 3 aromatic rings. The molecule has 0 atom stereocenters. The molecule has 9 nitrogen and oxygen atoms in total. The fourth-order valence-electron chi connectivity index (χ4n) is 2.70. The van der Waals surface area contributed by atoms with Crippen LogP contribution < -0.4 is 10.6 Å². The van der Waals surface area contributed by atoms with Crippen molar-refractivity contribution in [1.29, 1.82) is 0 Å². The minimum atomic E-state index is -5.46. The lowest BCUT2D eigenvalue weighted by Gasteiger charge is -2.08. The number of halogens is 3. The van der Waals surface area contributed by atoms with Crippen LogP contribution >= 0.6 is 22.7 Å². The fourth-order valence-corrected chi connectivity index (χ4v) is 5.16. The Bertz CT molecular complexity index is 1300. The van der Waals surface area contributed by atoms with E-state index in [0.29, 0.717) is 26.8 Å². The molecule has 0 aliphatic carbocycles. The van der Waals surface area contributed by atoms with Gasteiger partial charge < -0.3 is 15.7 Å². The number of nitrogens with zero attached hydrogens (tertiary/aromatic N) is 2.